The molecule has 1 heterocycles. The molecule has 3 nitrogen and oxygen atoms in total. The van der Waals surface area contributed by atoms with E-state index in [1.165, 1.54) is 16.3 Å². The number of ketones is 1. The number of para-hydroxylation sites is 1. The van der Waals surface area contributed by atoms with E-state index in [-0.39, 0.29) is 11.5 Å². The van der Waals surface area contributed by atoms with Crippen LogP contribution in [0.25, 0.3) is 38.5 Å². The van der Waals surface area contributed by atoms with Gasteiger partial charge in [-0.05, 0) is 52.1 Å². The number of carbonyl (C=O) groups excluding carboxylic acids is 1. The zero-order valence-electron chi connectivity index (χ0n) is 22.7. The third kappa shape index (κ3) is 3.69. The van der Waals surface area contributed by atoms with E-state index in [4.69, 9.17) is 0 Å². The van der Waals surface area contributed by atoms with E-state index in [1.54, 1.807) is 6.08 Å². The van der Waals surface area contributed by atoms with Gasteiger partial charge in [0.2, 0.25) is 5.78 Å². The van der Waals surface area contributed by atoms with Crippen molar-refractivity contribution < 1.29 is 9.90 Å². The summed E-state index contributed by atoms with van der Waals surface area (Å²) < 4.78 is 2.10. The number of rotatable bonds is 5. The molecular weight excluding hydrogens is 478 g/mol. The van der Waals surface area contributed by atoms with Crippen molar-refractivity contribution in [2.24, 2.45) is 7.05 Å². The first-order chi connectivity index (χ1) is 18.7. The van der Waals surface area contributed by atoms with Crippen LogP contribution in [0.1, 0.15) is 30.5 Å². The van der Waals surface area contributed by atoms with Crippen LogP contribution >= 0.6 is 0 Å². The lowest BCUT2D eigenvalue weighted by atomic mass is 9.73. The van der Waals surface area contributed by atoms with Crippen molar-refractivity contribution in [3.05, 3.63) is 137 Å². The maximum atomic E-state index is 13.7. The molecule has 0 aliphatic heterocycles. The van der Waals surface area contributed by atoms with Gasteiger partial charge in [-0.1, -0.05) is 105 Å². The number of Topliss-reactive ketones (excluding diaryl/α,β-unsaturated/α-hetero) is 1. The van der Waals surface area contributed by atoms with E-state index < -0.39 is 5.41 Å². The molecule has 5 aromatic rings. The standard InChI is InChI=1S/C36H31NO2/c1-22(36(3,4)29-20-19-24-13-9-10-16-26(24)23(29)2)21-28-34(38)32(35(28)39)31-27-17-11-12-18-30(27)37(5)33(31)25-14-7-6-8-15-25/h6-21,38H,1H2,2-5H3/b28-21-. The van der Waals surface area contributed by atoms with Gasteiger partial charge in [0, 0.05) is 28.9 Å². The Morgan fingerprint density at radius 1 is 0.872 bits per heavy atom. The van der Waals surface area contributed by atoms with Crippen LogP contribution in [0.2, 0.25) is 0 Å². The Balaban J connectivity index is 1.45. The smallest absolute Gasteiger partial charge is 0.201 e. The molecule has 192 valence electrons. The molecule has 0 atom stereocenters. The monoisotopic (exact) mass is 509 g/mol. The normalized spacial score (nSPS) is 14.9. The minimum absolute atomic E-state index is 0.0284. The average molecular weight is 510 g/mol. The van der Waals surface area contributed by atoms with Gasteiger partial charge in [-0.25, -0.2) is 0 Å². The van der Waals surface area contributed by atoms with Crippen molar-refractivity contribution in [3.8, 4) is 11.3 Å². The minimum atomic E-state index is -0.438. The highest BCUT2D eigenvalue weighted by Crippen LogP contribution is 2.46. The lowest BCUT2D eigenvalue weighted by Crippen LogP contribution is -2.25. The maximum absolute atomic E-state index is 13.7. The van der Waals surface area contributed by atoms with Crippen LogP contribution in [0.15, 0.2) is 121 Å². The molecular formula is C36H31NO2. The Morgan fingerprint density at radius 2 is 1.51 bits per heavy atom. The molecule has 0 unspecified atom stereocenters. The van der Waals surface area contributed by atoms with E-state index in [0.29, 0.717) is 11.1 Å². The number of allylic oxidation sites excluding steroid dienone is 4. The number of fused-ring (bicyclic) bond motifs is 2. The van der Waals surface area contributed by atoms with Crippen molar-refractivity contribution in [1.29, 1.82) is 0 Å². The first-order valence-electron chi connectivity index (χ1n) is 13.2. The van der Waals surface area contributed by atoms with Crippen LogP contribution in [-0.4, -0.2) is 15.5 Å². The summed E-state index contributed by atoms with van der Waals surface area (Å²) in [4.78, 5) is 13.7. The molecule has 1 aliphatic rings. The van der Waals surface area contributed by atoms with Gasteiger partial charge in [-0.3, -0.25) is 4.79 Å². The Morgan fingerprint density at radius 3 is 2.23 bits per heavy atom. The quantitative estimate of drug-likeness (QED) is 0.241. The molecule has 39 heavy (non-hydrogen) atoms. The number of nitrogens with zero attached hydrogens (tertiary/aromatic N) is 1. The van der Waals surface area contributed by atoms with Crippen molar-refractivity contribution in [3.63, 3.8) is 0 Å². The highest BCUT2D eigenvalue weighted by molar-refractivity contribution is 6.41. The Bertz CT molecular complexity index is 1880. The fourth-order valence-electron chi connectivity index (χ4n) is 6.00. The number of aliphatic hydroxyl groups excluding tert-OH is 1. The number of hydrogen-bond donors (Lipinski definition) is 1. The molecule has 0 fully saturated rings. The Hall–Kier alpha value is -4.63. The van der Waals surface area contributed by atoms with Gasteiger partial charge in [-0.15, -0.1) is 0 Å². The first kappa shape index (κ1) is 24.7. The van der Waals surface area contributed by atoms with Crippen molar-refractivity contribution >= 4 is 33.0 Å². The van der Waals surface area contributed by atoms with Gasteiger partial charge in [0.15, 0.2) is 0 Å². The highest BCUT2D eigenvalue weighted by atomic mass is 16.3. The van der Waals surface area contributed by atoms with Gasteiger partial charge in [0.1, 0.15) is 5.76 Å². The van der Waals surface area contributed by atoms with Crippen LogP contribution in [-0.2, 0) is 17.3 Å². The fourth-order valence-corrected chi connectivity index (χ4v) is 6.00. The van der Waals surface area contributed by atoms with Crippen molar-refractivity contribution in [1.82, 2.24) is 4.57 Å². The number of benzene rings is 4. The summed E-state index contributed by atoms with van der Waals surface area (Å²) in [6.45, 7) is 10.7. The maximum Gasteiger partial charge on any atom is 0.201 e. The highest BCUT2D eigenvalue weighted by Gasteiger charge is 2.39. The number of carbonyl (C=O) groups is 1. The van der Waals surface area contributed by atoms with Gasteiger partial charge >= 0.3 is 0 Å². The second-order valence-electron chi connectivity index (χ2n) is 10.9. The predicted molar refractivity (Wildman–Crippen MR) is 162 cm³/mol. The molecule has 0 spiro atoms. The first-order valence-corrected chi connectivity index (χ1v) is 13.2. The summed E-state index contributed by atoms with van der Waals surface area (Å²) in [6, 6.07) is 30.7. The summed E-state index contributed by atoms with van der Waals surface area (Å²) in [6.07, 6.45) is 1.77. The molecule has 3 heteroatoms. The van der Waals surface area contributed by atoms with Gasteiger partial charge in [0.25, 0.3) is 0 Å². The van der Waals surface area contributed by atoms with E-state index in [2.05, 4.69) is 62.2 Å². The molecule has 4 aromatic carbocycles. The number of aryl methyl sites for hydroxylation is 2. The van der Waals surface area contributed by atoms with Crippen LogP contribution in [0.4, 0.5) is 0 Å². The Kier molecular flexibility index (Phi) is 5.69. The summed E-state index contributed by atoms with van der Waals surface area (Å²) in [5, 5.41) is 14.7. The van der Waals surface area contributed by atoms with E-state index in [9.17, 15) is 9.90 Å². The van der Waals surface area contributed by atoms with E-state index in [1.807, 2.05) is 67.7 Å². The van der Waals surface area contributed by atoms with Crippen molar-refractivity contribution in [2.45, 2.75) is 26.2 Å². The van der Waals surface area contributed by atoms with Crippen LogP contribution in [0.5, 0.6) is 0 Å². The minimum Gasteiger partial charge on any atom is -0.506 e. The second-order valence-corrected chi connectivity index (χ2v) is 10.9. The predicted octanol–water partition coefficient (Wildman–Crippen LogP) is 8.62. The third-order valence-corrected chi connectivity index (χ3v) is 8.36. The zero-order valence-corrected chi connectivity index (χ0v) is 22.7. The van der Waals surface area contributed by atoms with Gasteiger partial charge < -0.3 is 9.67 Å². The third-order valence-electron chi connectivity index (χ3n) is 8.36. The van der Waals surface area contributed by atoms with Gasteiger partial charge in [-0.2, -0.15) is 0 Å². The second kappa shape index (κ2) is 8.99. The lowest BCUT2D eigenvalue weighted by Gasteiger charge is -2.30. The molecule has 1 aromatic heterocycles. The van der Waals surface area contributed by atoms with Crippen LogP contribution < -0.4 is 0 Å². The van der Waals surface area contributed by atoms with Crippen LogP contribution in [0, 0.1) is 6.92 Å². The molecule has 0 saturated heterocycles. The summed E-state index contributed by atoms with van der Waals surface area (Å²) >= 11 is 0. The molecule has 0 amide bonds. The SMILES string of the molecule is C=C(/C=C1\C(=O)C(c2c(-c3ccccc3)n(C)c3ccccc23)=C1O)C(C)(C)c1ccc2ccccc2c1C. The van der Waals surface area contributed by atoms with Crippen LogP contribution in [0.3, 0.4) is 0 Å². The molecule has 1 N–H and O–H groups in total. The molecule has 6 rings (SSSR count). The summed E-state index contributed by atoms with van der Waals surface area (Å²) in [5.74, 6) is -0.131. The average Bonchev–Trinajstić information content (AvgIpc) is 3.24. The number of aromatic nitrogens is 1. The fraction of sp³-hybridized carbons (Fsp3) is 0.139. The Labute approximate surface area is 229 Å². The van der Waals surface area contributed by atoms with E-state index >= 15 is 0 Å². The molecule has 0 saturated carbocycles. The van der Waals surface area contributed by atoms with E-state index in [0.717, 1.165) is 38.9 Å². The van der Waals surface area contributed by atoms with Gasteiger partial charge in [0.05, 0.1) is 16.8 Å². The summed E-state index contributed by atoms with van der Waals surface area (Å²) in [7, 11) is 2.00. The number of aliphatic hydroxyl groups is 1. The zero-order chi connectivity index (χ0) is 27.5. The number of hydrogen-bond acceptors (Lipinski definition) is 2. The van der Waals surface area contributed by atoms with Crippen molar-refractivity contribution in [2.75, 3.05) is 0 Å². The largest absolute Gasteiger partial charge is 0.506 e. The molecule has 1 aliphatic carbocycles. The molecule has 0 bridgehead atoms. The molecule has 0 radical (unpaired) electrons. The topological polar surface area (TPSA) is 42.2 Å². The summed E-state index contributed by atoms with van der Waals surface area (Å²) in [5.41, 5.74) is 7.05. The lowest BCUT2D eigenvalue weighted by molar-refractivity contribution is -0.111.